The van der Waals surface area contributed by atoms with Crippen LogP contribution >= 0.6 is 0 Å². The molecule has 1 heterocycles. The van der Waals surface area contributed by atoms with E-state index >= 15 is 0 Å². The Hall–Kier alpha value is -1.63. The van der Waals surface area contributed by atoms with E-state index < -0.39 is 0 Å². The van der Waals surface area contributed by atoms with Gasteiger partial charge in [0.15, 0.2) is 11.8 Å². The second-order valence-electron chi connectivity index (χ2n) is 6.24. The predicted molar refractivity (Wildman–Crippen MR) is 93.8 cm³/mol. The minimum absolute atomic E-state index is 0.176. The molecule has 0 bridgehead atoms. The molecule has 0 spiro atoms. The van der Waals surface area contributed by atoms with Gasteiger partial charge in [0.1, 0.15) is 6.54 Å². The Balaban J connectivity index is 2.04. The molecule has 0 amide bonds. The highest BCUT2D eigenvalue weighted by Gasteiger charge is 2.53. The summed E-state index contributed by atoms with van der Waals surface area (Å²) >= 11 is 0. The summed E-state index contributed by atoms with van der Waals surface area (Å²) in [5.74, 6) is 1.96. The first-order valence-corrected chi connectivity index (χ1v) is 9.05. The molecule has 2 N–H and O–H groups in total. The molecule has 0 aliphatic heterocycles. The van der Waals surface area contributed by atoms with E-state index in [1.165, 1.54) is 0 Å². The molecule has 1 aliphatic rings. The largest absolute Gasteiger partial charge is 0.378 e. The van der Waals surface area contributed by atoms with Crippen LogP contribution in [0.15, 0.2) is 9.52 Å². The number of aromatic nitrogens is 2. The molecule has 0 saturated heterocycles. The van der Waals surface area contributed by atoms with Crippen molar-refractivity contribution in [1.82, 2.24) is 20.8 Å². The summed E-state index contributed by atoms with van der Waals surface area (Å²) in [7, 11) is 0. The van der Waals surface area contributed by atoms with Crippen LogP contribution in [0.2, 0.25) is 0 Å². The van der Waals surface area contributed by atoms with Gasteiger partial charge in [-0.1, -0.05) is 19.0 Å². The lowest BCUT2D eigenvalue weighted by Gasteiger charge is -2.55. The van der Waals surface area contributed by atoms with Crippen molar-refractivity contribution in [3.05, 3.63) is 11.7 Å². The maximum atomic E-state index is 5.95. The van der Waals surface area contributed by atoms with Crippen LogP contribution in [-0.2, 0) is 11.3 Å². The van der Waals surface area contributed by atoms with E-state index in [1.807, 2.05) is 0 Å². The zero-order valence-electron chi connectivity index (χ0n) is 15.6. The molecule has 2 atom stereocenters. The van der Waals surface area contributed by atoms with Gasteiger partial charge >= 0.3 is 0 Å². The molecule has 1 aromatic rings. The van der Waals surface area contributed by atoms with Crippen molar-refractivity contribution >= 4 is 5.96 Å². The summed E-state index contributed by atoms with van der Waals surface area (Å²) in [5, 5.41) is 10.8. The molecule has 1 aliphatic carbocycles. The van der Waals surface area contributed by atoms with Crippen molar-refractivity contribution in [3.8, 4) is 0 Å². The molecule has 136 valence electrons. The quantitative estimate of drug-likeness (QED) is 0.560. The number of nitrogens with one attached hydrogen (secondary N) is 2. The smallest absolute Gasteiger partial charge is 0.223 e. The maximum Gasteiger partial charge on any atom is 0.223 e. The first kappa shape index (κ1) is 18.7. The Morgan fingerprint density at radius 1 is 1.33 bits per heavy atom. The summed E-state index contributed by atoms with van der Waals surface area (Å²) in [4.78, 5) is 8.79. The number of hydrogen-bond donors (Lipinski definition) is 2. The fraction of sp³-hybridized carbons (Fsp3) is 0.824. The van der Waals surface area contributed by atoms with E-state index in [4.69, 9.17) is 9.26 Å². The van der Waals surface area contributed by atoms with E-state index in [0.717, 1.165) is 38.4 Å². The van der Waals surface area contributed by atoms with Crippen molar-refractivity contribution in [1.29, 1.82) is 0 Å². The van der Waals surface area contributed by atoms with Crippen LogP contribution in [-0.4, -0.2) is 41.4 Å². The van der Waals surface area contributed by atoms with Crippen molar-refractivity contribution in [2.75, 3.05) is 13.2 Å². The average Bonchev–Trinajstić information content (AvgIpc) is 2.98. The number of rotatable bonds is 8. The Bertz CT molecular complexity index is 539. The fourth-order valence-corrected chi connectivity index (χ4v) is 3.62. The van der Waals surface area contributed by atoms with Crippen molar-refractivity contribution in [2.24, 2.45) is 10.4 Å². The normalized spacial score (nSPS) is 23.0. The summed E-state index contributed by atoms with van der Waals surface area (Å²) in [6.45, 7) is 12.4. The molecule has 0 aromatic carbocycles. The molecule has 1 aromatic heterocycles. The van der Waals surface area contributed by atoms with Crippen molar-refractivity contribution in [2.45, 2.75) is 72.6 Å². The third-order valence-electron chi connectivity index (χ3n) is 5.07. The molecular formula is C17H31N5O2. The molecule has 1 fully saturated rings. The van der Waals surface area contributed by atoms with Gasteiger partial charge in [-0.3, -0.25) is 0 Å². The zero-order chi connectivity index (χ0) is 17.6. The lowest BCUT2D eigenvalue weighted by Crippen LogP contribution is -2.65. The number of nitrogens with zero attached hydrogens (tertiary/aromatic N) is 3. The maximum absolute atomic E-state index is 5.95. The van der Waals surface area contributed by atoms with E-state index in [1.54, 1.807) is 6.92 Å². The number of aryl methyl sites for hydroxylation is 1. The second kappa shape index (κ2) is 8.46. The van der Waals surface area contributed by atoms with Gasteiger partial charge in [0.25, 0.3) is 0 Å². The summed E-state index contributed by atoms with van der Waals surface area (Å²) < 4.78 is 10.9. The third kappa shape index (κ3) is 3.88. The highest BCUT2D eigenvalue weighted by molar-refractivity contribution is 5.80. The van der Waals surface area contributed by atoms with Gasteiger partial charge in [-0.25, -0.2) is 4.99 Å². The number of ether oxygens (including phenoxy) is 1. The van der Waals surface area contributed by atoms with Crippen LogP contribution in [0, 0.1) is 12.3 Å². The van der Waals surface area contributed by atoms with Crippen LogP contribution in [0.4, 0.5) is 0 Å². The third-order valence-corrected chi connectivity index (χ3v) is 5.07. The Labute approximate surface area is 144 Å². The standard InChI is InChI=1S/C17H31N5O2/c1-6-17(7-2)13(10-14(17)23-9-4)21-16(18-8-3)19-11-15-20-12(5)24-22-15/h13-14H,6-11H2,1-5H3,(H2,18,19,21). The van der Waals surface area contributed by atoms with Crippen molar-refractivity contribution in [3.63, 3.8) is 0 Å². The summed E-state index contributed by atoms with van der Waals surface area (Å²) in [5.41, 5.74) is 0.176. The highest BCUT2D eigenvalue weighted by Crippen LogP contribution is 2.48. The highest BCUT2D eigenvalue weighted by atomic mass is 16.5. The van der Waals surface area contributed by atoms with Crippen molar-refractivity contribution < 1.29 is 9.26 Å². The topological polar surface area (TPSA) is 84.6 Å². The van der Waals surface area contributed by atoms with Gasteiger partial charge in [-0.2, -0.15) is 4.98 Å². The molecule has 1 saturated carbocycles. The van der Waals surface area contributed by atoms with E-state index in [0.29, 0.717) is 30.4 Å². The van der Waals surface area contributed by atoms with E-state index in [2.05, 4.69) is 53.5 Å². The number of guanidine groups is 1. The SMILES string of the molecule is CCNC(=NCc1noc(C)n1)NC1CC(OCC)C1(CC)CC. The Morgan fingerprint density at radius 3 is 2.62 bits per heavy atom. The van der Waals surface area contributed by atoms with Gasteiger partial charge in [-0.15, -0.1) is 0 Å². The molecule has 7 nitrogen and oxygen atoms in total. The summed E-state index contributed by atoms with van der Waals surface area (Å²) in [6.07, 6.45) is 3.53. The van der Waals surface area contributed by atoms with Crippen LogP contribution in [0.1, 0.15) is 58.7 Å². The fourth-order valence-electron chi connectivity index (χ4n) is 3.62. The van der Waals surface area contributed by atoms with Crippen LogP contribution < -0.4 is 10.6 Å². The van der Waals surface area contributed by atoms with Crippen LogP contribution in [0.3, 0.4) is 0 Å². The number of hydrogen-bond acceptors (Lipinski definition) is 5. The average molecular weight is 337 g/mol. The molecule has 2 unspecified atom stereocenters. The molecule has 0 radical (unpaired) electrons. The zero-order valence-corrected chi connectivity index (χ0v) is 15.6. The Kier molecular flexibility index (Phi) is 6.60. The molecule has 7 heteroatoms. The molecule has 2 rings (SSSR count). The first-order chi connectivity index (χ1) is 11.6. The Morgan fingerprint density at radius 2 is 2.08 bits per heavy atom. The molecular weight excluding hydrogens is 306 g/mol. The van der Waals surface area contributed by atoms with Gasteiger partial charge < -0.3 is 19.9 Å². The van der Waals surface area contributed by atoms with Crippen LogP contribution in [0.25, 0.3) is 0 Å². The van der Waals surface area contributed by atoms with Gasteiger partial charge in [0, 0.05) is 31.5 Å². The summed E-state index contributed by atoms with van der Waals surface area (Å²) in [6, 6.07) is 0.369. The lowest BCUT2D eigenvalue weighted by atomic mass is 9.58. The minimum Gasteiger partial charge on any atom is -0.378 e. The first-order valence-electron chi connectivity index (χ1n) is 9.05. The van der Waals surface area contributed by atoms with Gasteiger partial charge in [0.05, 0.1) is 6.10 Å². The monoisotopic (exact) mass is 337 g/mol. The number of aliphatic imine (C=N–C) groups is 1. The van der Waals surface area contributed by atoms with E-state index in [9.17, 15) is 0 Å². The predicted octanol–water partition coefficient (Wildman–Crippen LogP) is 2.42. The van der Waals surface area contributed by atoms with Gasteiger partial charge in [0.2, 0.25) is 5.89 Å². The lowest BCUT2D eigenvalue weighted by molar-refractivity contribution is -0.133. The second-order valence-corrected chi connectivity index (χ2v) is 6.24. The van der Waals surface area contributed by atoms with E-state index in [-0.39, 0.29) is 5.41 Å². The van der Waals surface area contributed by atoms with Gasteiger partial charge in [-0.05, 0) is 33.1 Å². The molecule has 24 heavy (non-hydrogen) atoms. The van der Waals surface area contributed by atoms with Crippen LogP contribution in [0.5, 0.6) is 0 Å². The minimum atomic E-state index is 0.176.